The van der Waals surface area contributed by atoms with Crippen LogP contribution in [0.15, 0.2) is 54.1 Å². The summed E-state index contributed by atoms with van der Waals surface area (Å²) >= 11 is 0. The molecule has 144 valence electrons. The summed E-state index contributed by atoms with van der Waals surface area (Å²) < 4.78 is 17.1. The highest BCUT2D eigenvalue weighted by molar-refractivity contribution is 5.91. The zero-order chi connectivity index (χ0) is 19.1. The summed E-state index contributed by atoms with van der Waals surface area (Å²) in [7, 11) is 0. The van der Waals surface area contributed by atoms with Crippen molar-refractivity contribution in [2.45, 2.75) is 44.8 Å². The van der Waals surface area contributed by atoms with Crippen molar-refractivity contribution in [1.82, 2.24) is 0 Å². The third-order valence-electron chi connectivity index (χ3n) is 4.84. The number of rotatable bonds is 4. The van der Waals surface area contributed by atoms with Crippen molar-refractivity contribution in [3.05, 3.63) is 59.7 Å². The summed E-state index contributed by atoms with van der Waals surface area (Å²) in [6.07, 6.45) is 7.17. The van der Waals surface area contributed by atoms with E-state index in [4.69, 9.17) is 14.2 Å². The van der Waals surface area contributed by atoms with Gasteiger partial charge in [-0.15, -0.1) is 0 Å². The van der Waals surface area contributed by atoms with E-state index in [9.17, 15) is 9.59 Å². The molecule has 0 amide bonds. The zero-order valence-electron chi connectivity index (χ0n) is 15.6. The van der Waals surface area contributed by atoms with Crippen LogP contribution >= 0.6 is 0 Å². The molecule has 27 heavy (non-hydrogen) atoms. The van der Waals surface area contributed by atoms with Gasteiger partial charge in [0.25, 0.3) is 0 Å². The van der Waals surface area contributed by atoms with E-state index in [0.717, 1.165) is 18.4 Å². The second kappa shape index (κ2) is 9.51. The number of hydrogen-bond donors (Lipinski definition) is 0. The fraction of sp³-hybridized carbons (Fsp3) is 0.455. The molecule has 1 fully saturated rings. The van der Waals surface area contributed by atoms with Crippen molar-refractivity contribution >= 4 is 11.9 Å². The Kier molecular flexibility index (Phi) is 6.82. The molecule has 5 heteroatoms. The van der Waals surface area contributed by atoms with E-state index in [-0.39, 0.29) is 24.3 Å². The molecule has 1 aliphatic carbocycles. The zero-order valence-corrected chi connectivity index (χ0v) is 15.6. The molecule has 2 aliphatic rings. The molecule has 5 nitrogen and oxygen atoms in total. The van der Waals surface area contributed by atoms with Crippen LogP contribution in [0, 0.1) is 5.92 Å². The van der Waals surface area contributed by atoms with Gasteiger partial charge < -0.3 is 14.2 Å². The Labute approximate surface area is 160 Å². The number of ether oxygens (including phenoxy) is 3. The van der Waals surface area contributed by atoms with Gasteiger partial charge in [-0.3, -0.25) is 4.79 Å². The first-order valence-electron chi connectivity index (χ1n) is 9.52. The summed E-state index contributed by atoms with van der Waals surface area (Å²) in [5.74, 6) is -0.817. The predicted octanol–water partition coefficient (Wildman–Crippen LogP) is 3.39. The van der Waals surface area contributed by atoms with Crippen molar-refractivity contribution in [3.8, 4) is 0 Å². The number of carbonyl (C=O) groups excluding carboxylic acids is 2. The van der Waals surface area contributed by atoms with E-state index >= 15 is 0 Å². The molecule has 2 unspecified atom stereocenters. The molecule has 3 rings (SSSR count). The van der Waals surface area contributed by atoms with E-state index in [0.29, 0.717) is 25.2 Å². The first kappa shape index (κ1) is 19.4. The van der Waals surface area contributed by atoms with Crippen LogP contribution in [0.1, 0.15) is 31.7 Å². The summed E-state index contributed by atoms with van der Waals surface area (Å²) in [6, 6.07) is 10.00. The maximum atomic E-state index is 12.7. The van der Waals surface area contributed by atoms with Gasteiger partial charge in [0.05, 0.1) is 25.2 Å². The molecule has 0 radical (unpaired) electrons. The molecule has 1 aromatic carbocycles. The standard InChI is InChI=1S/C22H26O5/c1-16-21(27-22(24)18-10-6-3-7-11-18)19(14-17-8-4-2-5-9-17)15-25-13-12-20(23)26-16/h2,4-6,8-11,16,19,21H,3,7,12-15H2,1H3/t16?,19?,21-/m0/s1. The monoisotopic (exact) mass is 370 g/mol. The Morgan fingerprint density at radius 3 is 2.78 bits per heavy atom. The quantitative estimate of drug-likeness (QED) is 0.761. The second-order valence-corrected chi connectivity index (χ2v) is 6.98. The van der Waals surface area contributed by atoms with Gasteiger partial charge in [-0.1, -0.05) is 48.6 Å². The van der Waals surface area contributed by atoms with E-state index in [1.165, 1.54) is 0 Å². The largest absolute Gasteiger partial charge is 0.459 e. The van der Waals surface area contributed by atoms with Crippen molar-refractivity contribution in [1.29, 1.82) is 0 Å². The fourth-order valence-corrected chi connectivity index (χ4v) is 3.44. The third-order valence-corrected chi connectivity index (χ3v) is 4.84. The molecule has 0 bridgehead atoms. The SMILES string of the molecule is CC1OC(=O)CCOCC(Cc2ccccc2)[C@H]1OC(=O)C1=CCCC=C1. The molecule has 0 aromatic heterocycles. The van der Waals surface area contributed by atoms with Crippen molar-refractivity contribution in [3.63, 3.8) is 0 Å². The molecular formula is C22H26O5. The average molecular weight is 370 g/mol. The molecule has 1 saturated heterocycles. The fourth-order valence-electron chi connectivity index (χ4n) is 3.44. The second-order valence-electron chi connectivity index (χ2n) is 6.98. The van der Waals surface area contributed by atoms with Crippen LogP contribution in [0.4, 0.5) is 0 Å². The van der Waals surface area contributed by atoms with Crippen LogP contribution in [-0.4, -0.2) is 37.4 Å². The lowest BCUT2D eigenvalue weighted by Gasteiger charge is -2.30. The highest BCUT2D eigenvalue weighted by Gasteiger charge is 2.35. The molecule has 0 saturated carbocycles. The van der Waals surface area contributed by atoms with E-state index in [2.05, 4.69) is 0 Å². The molecule has 0 N–H and O–H groups in total. The Morgan fingerprint density at radius 1 is 1.22 bits per heavy atom. The van der Waals surface area contributed by atoms with Crippen molar-refractivity contribution in [2.75, 3.05) is 13.2 Å². The lowest BCUT2D eigenvalue weighted by atomic mass is 9.91. The molecule has 1 aromatic rings. The maximum Gasteiger partial charge on any atom is 0.338 e. The minimum absolute atomic E-state index is 0.106. The Balaban J connectivity index is 1.80. The number of allylic oxidation sites excluding steroid dienone is 2. The average Bonchev–Trinajstić information content (AvgIpc) is 2.75. The van der Waals surface area contributed by atoms with Gasteiger partial charge in [-0.2, -0.15) is 0 Å². The van der Waals surface area contributed by atoms with Gasteiger partial charge in [-0.25, -0.2) is 4.79 Å². The third kappa shape index (κ3) is 5.54. The summed E-state index contributed by atoms with van der Waals surface area (Å²) in [5.41, 5.74) is 1.68. The summed E-state index contributed by atoms with van der Waals surface area (Å²) in [6.45, 7) is 2.50. The minimum atomic E-state index is -0.573. The van der Waals surface area contributed by atoms with Gasteiger partial charge in [0.1, 0.15) is 12.2 Å². The summed E-state index contributed by atoms with van der Waals surface area (Å²) in [5, 5.41) is 0. The topological polar surface area (TPSA) is 61.8 Å². The van der Waals surface area contributed by atoms with Gasteiger partial charge in [-0.05, 0) is 31.7 Å². The molecule has 1 aliphatic heterocycles. The van der Waals surface area contributed by atoms with Gasteiger partial charge in [0.2, 0.25) is 0 Å². The van der Waals surface area contributed by atoms with E-state index in [1.54, 1.807) is 13.0 Å². The van der Waals surface area contributed by atoms with Crippen LogP contribution in [0.5, 0.6) is 0 Å². The number of esters is 2. The molecule has 1 heterocycles. The van der Waals surface area contributed by atoms with E-state index < -0.39 is 12.2 Å². The highest BCUT2D eigenvalue weighted by atomic mass is 16.6. The molecule has 0 spiro atoms. The van der Waals surface area contributed by atoms with Crippen LogP contribution in [0.2, 0.25) is 0 Å². The summed E-state index contributed by atoms with van der Waals surface area (Å²) in [4.78, 5) is 24.6. The number of carbonyl (C=O) groups is 2. The number of cyclic esters (lactones) is 1. The normalized spacial score (nSPS) is 26.2. The van der Waals surface area contributed by atoms with Gasteiger partial charge >= 0.3 is 11.9 Å². The Morgan fingerprint density at radius 2 is 2.04 bits per heavy atom. The Bertz CT molecular complexity index is 707. The van der Waals surface area contributed by atoms with Crippen LogP contribution in [0.25, 0.3) is 0 Å². The lowest BCUT2D eigenvalue weighted by molar-refractivity contribution is -0.167. The number of benzene rings is 1. The highest BCUT2D eigenvalue weighted by Crippen LogP contribution is 2.24. The first-order valence-corrected chi connectivity index (χ1v) is 9.52. The lowest BCUT2D eigenvalue weighted by Crippen LogP contribution is -2.41. The van der Waals surface area contributed by atoms with Gasteiger partial charge in [0.15, 0.2) is 0 Å². The van der Waals surface area contributed by atoms with E-state index in [1.807, 2.05) is 42.5 Å². The number of hydrogen-bond acceptors (Lipinski definition) is 5. The van der Waals surface area contributed by atoms with Crippen molar-refractivity contribution < 1.29 is 23.8 Å². The van der Waals surface area contributed by atoms with Gasteiger partial charge in [0, 0.05) is 5.92 Å². The van der Waals surface area contributed by atoms with Crippen molar-refractivity contribution in [2.24, 2.45) is 5.92 Å². The molecule has 3 atom stereocenters. The van der Waals surface area contributed by atoms with Crippen LogP contribution in [-0.2, 0) is 30.2 Å². The predicted molar refractivity (Wildman–Crippen MR) is 101 cm³/mol. The maximum absolute atomic E-state index is 12.7. The minimum Gasteiger partial charge on any atom is -0.459 e. The van der Waals surface area contributed by atoms with Crippen LogP contribution < -0.4 is 0 Å². The van der Waals surface area contributed by atoms with Crippen LogP contribution in [0.3, 0.4) is 0 Å². The Hall–Kier alpha value is -2.40. The molecular weight excluding hydrogens is 344 g/mol. The smallest absolute Gasteiger partial charge is 0.338 e. The first-order chi connectivity index (χ1) is 13.1.